The van der Waals surface area contributed by atoms with Crippen molar-refractivity contribution in [3.05, 3.63) is 64.7 Å². The zero-order valence-electron chi connectivity index (χ0n) is 13.0. The van der Waals surface area contributed by atoms with Gasteiger partial charge in [0.2, 0.25) is 0 Å². The van der Waals surface area contributed by atoms with Gasteiger partial charge in [0.15, 0.2) is 5.96 Å². The lowest BCUT2D eigenvalue weighted by Crippen LogP contribution is -2.39. The minimum atomic E-state index is 0.533. The van der Waals surface area contributed by atoms with Gasteiger partial charge in [-0.15, -0.1) is 0 Å². The van der Waals surface area contributed by atoms with Crippen LogP contribution in [0.2, 0.25) is 5.02 Å². The number of benzene rings is 2. The van der Waals surface area contributed by atoms with Gasteiger partial charge in [-0.1, -0.05) is 53.8 Å². The second-order valence-corrected chi connectivity index (χ2v) is 5.70. The number of para-hydroxylation sites is 1. The molecule has 0 radical (unpaired) electrons. The molecule has 3 rings (SSSR count). The molecule has 3 nitrogen and oxygen atoms in total. The monoisotopic (exact) mass is 323 g/mol. The van der Waals surface area contributed by atoms with Crippen LogP contribution in [0.5, 0.6) is 0 Å². The van der Waals surface area contributed by atoms with Crippen LogP contribution in [0.4, 0.5) is 5.69 Å². The molecule has 0 aromatic heterocycles. The molecule has 2 aromatic rings. The van der Waals surface area contributed by atoms with Crippen LogP contribution < -0.4 is 10.2 Å². The predicted octanol–water partition coefficient (Wildman–Crippen LogP) is 3.47. The third-order valence-electron chi connectivity index (χ3n) is 3.61. The molecule has 0 unspecified atom stereocenters. The second kappa shape index (κ2) is 7.21. The molecule has 23 heavy (non-hydrogen) atoms. The lowest BCUT2D eigenvalue weighted by Gasteiger charge is -2.25. The molecular weight excluding hydrogens is 306 g/mol. The summed E-state index contributed by atoms with van der Waals surface area (Å²) in [4.78, 5) is 6.58. The number of guanidine groups is 1. The highest BCUT2D eigenvalue weighted by Gasteiger charge is 2.19. The lowest BCUT2D eigenvalue weighted by atomic mass is 10.2. The van der Waals surface area contributed by atoms with Gasteiger partial charge >= 0.3 is 0 Å². The van der Waals surface area contributed by atoms with E-state index in [0.29, 0.717) is 11.6 Å². The summed E-state index contributed by atoms with van der Waals surface area (Å²) in [6.07, 6.45) is 0. The number of halogens is 1. The van der Waals surface area contributed by atoms with Crippen molar-refractivity contribution in [2.24, 2.45) is 4.99 Å². The van der Waals surface area contributed by atoms with Crippen molar-refractivity contribution in [1.29, 1.82) is 0 Å². The maximum Gasteiger partial charge on any atom is 0.199 e. The van der Waals surface area contributed by atoms with Crippen LogP contribution >= 0.6 is 11.6 Å². The molecule has 1 heterocycles. The Bertz CT molecular complexity index is 752. The fourth-order valence-corrected chi connectivity index (χ4v) is 2.86. The third kappa shape index (κ3) is 3.67. The molecule has 1 aliphatic rings. The van der Waals surface area contributed by atoms with E-state index in [2.05, 4.69) is 27.0 Å². The van der Waals surface area contributed by atoms with E-state index in [1.807, 2.05) is 55.5 Å². The van der Waals surface area contributed by atoms with Crippen molar-refractivity contribution in [2.75, 3.05) is 24.5 Å². The summed E-state index contributed by atoms with van der Waals surface area (Å²) < 4.78 is 0. The summed E-state index contributed by atoms with van der Waals surface area (Å²) in [5.74, 6) is 7.25. The highest BCUT2D eigenvalue weighted by Crippen LogP contribution is 2.29. The summed E-state index contributed by atoms with van der Waals surface area (Å²) in [6.45, 7) is 4.21. The Morgan fingerprint density at radius 2 is 2.00 bits per heavy atom. The molecule has 1 aliphatic heterocycles. The van der Waals surface area contributed by atoms with E-state index in [0.717, 1.165) is 35.9 Å². The molecule has 0 aliphatic carbocycles. The Labute approximate surface area is 142 Å². The van der Waals surface area contributed by atoms with Crippen LogP contribution in [0.3, 0.4) is 0 Å². The normalized spacial score (nSPS) is 12.9. The van der Waals surface area contributed by atoms with E-state index >= 15 is 0 Å². The molecule has 4 heteroatoms. The average molecular weight is 324 g/mol. The molecule has 0 bridgehead atoms. The van der Waals surface area contributed by atoms with Gasteiger partial charge in [0, 0.05) is 12.1 Å². The van der Waals surface area contributed by atoms with Gasteiger partial charge < -0.3 is 5.32 Å². The molecule has 0 atom stereocenters. The Morgan fingerprint density at radius 1 is 1.17 bits per heavy atom. The van der Waals surface area contributed by atoms with Gasteiger partial charge in [-0.25, -0.2) is 0 Å². The van der Waals surface area contributed by atoms with Crippen LogP contribution in [0, 0.1) is 18.8 Å². The van der Waals surface area contributed by atoms with E-state index in [9.17, 15) is 0 Å². The number of nitrogens with one attached hydrogen (secondary N) is 1. The molecule has 1 N–H and O–H groups in total. The fraction of sp³-hybridized carbons (Fsp3) is 0.211. The Hall–Kier alpha value is -2.44. The van der Waals surface area contributed by atoms with Gasteiger partial charge in [0.25, 0.3) is 0 Å². The van der Waals surface area contributed by atoms with Crippen molar-refractivity contribution < 1.29 is 0 Å². The van der Waals surface area contributed by atoms with Gasteiger partial charge in [0.1, 0.15) is 0 Å². The van der Waals surface area contributed by atoms with E-state index in [4.69, 9.17) is 11.6 Å². The molecular formula is C19H18ClN3. The van der Waals surface area contributed by atoms with Crippen LogP contribution in [0.15, 0.2) is 53.5 Å². The number of hydrogen-bond donors (Lipinski definition) is 1. The van der Waals surface area contributed by atoms with Crippen LogP contribution in [0.25, 0.3) is 0 Å². The van der Waals surface area contributed by atoms with E-state index in [1.165, 1.54) is 0 Å². The summed E-state index contributed by atoms with van der Waals surface area (Å²) in [7, 11) is 0. The number of hydrogen-bond acceptors (Lipinski definition) is 3. The number of anilines is 1. The maximum atomic E-state index is 6.43. The van der Waals surface area contributed by atoms with Gasteiger partial charge in [-0.05, 0) is 30.7 Å². The quantitative estimate of drug-likeness (QED) is 0.857. The summed E-state index contributed by atoms with van der Waals surface area (Å²) in [5.41, 5.74) is 3.07. The minimum Gasteiger partial charge on any atom is -0.354 e. The highest BCUT2D eigenvalue weighted by atomic mass is 35.5. The first kappa shape index (κ1) is 15.5. The second-order valence-electron chi connectivity index (χ2n) is 5.29. The van der Waals surface area contributed by atoms with E-state index in [-0.39, 0.29) is 0 Å². The average Bonchev–Trinajstić information content (AvgIpc) is 3.08. The molecule has 0 amide bonds. The smallest absolute Gasteiger partial charge is 0.199 e. The zero-order valence-corrected chi connectivity index (χ0v) is 13.8. The SMILES string of the molecule is Cc1cccc(Cl)c1N(CC#Cc1ccccc1)C1=NCCN1. The van der Waals surface area contributed by atoms with Crippen molar-refractivity contribution in [1.82, 2.24) is 5.32 Å². The molecule has 0 saturated heterocycles. The van der Waals surface area contributed by atoms with E-state index in [1.54, 1.807) is 0 Å². The molecule has 116 valence electrons. The molecule has 0 spiro atoms. The first-order chi connectivity index (χ1) is 11.3. The Balaban J connectivity index is 1.90. The van der Waals surface area contributed by atoms with Crippen LogP contribution in [-0.4, -0.2) is 25.6 Å². The van der Waals surface area contributed by atoms with Crippen molar-refractivity contribution in [3.8, 4) is 11.8 Å². The summed E-state index contributed by atoms with van der Waals surface area (Å²) >= 11 is 6.43. The lowest BCUT2D eigenvalue weighted by molar-refractivity contribution is 0.946. The number of aliphatic imine (C=N–C) groups is 1. The fourth-order valence-electron chi connectivity index (χ4n) is 2.53. The largest absolute Gasteiger partial charge is 0.354 e. The van der Waals surface area contributed by atoms with Crippen molar-refractivity contribution in [2.45, 2.75) is 6.92 Å². The summed E-state index contributed by atoms with van der Waals surface area (Å²) in [6, 6.07) is 15.9. The van der Waals surface area contributed by atoms with Gasteiger partial charge in [0.05, 0.1) is 23.8 Å². The molecule has 2 aromatic carbocycles. The van der Waals surface area contributed by atoms with Crippen molar-refractivity contribution >= 4 is 23.2 Å². The molecule has 0 saturated carbocycles. The van der Waals surface area contributed by atoms with E-state index < -0.39 is 0 Å². The third-order valence-corrected chi connectivity index (χ3v) is 3.92. The summed E-state index contributed by atoms with van der Waals surface area (Å²) in [5, 5.41) is 4.02. The number of aryl methyl sites for hydroxylation is 1. The zero-order chi connectivity index (χ0) is 16.1. The number of nitrogens with zero attached hydrogens (tertiary/aromatic N) is 2. The predicted molar refractivity (Wildman–Crippen MR) is 97.2 cm³/mol. The maximum absolute atomic E-state index is 6.43. The Kier molecular flexibility index (Phi) is 4.85. The minimum absolute atomic E-state index is 0.533. The highest BCUT2D eigenvalue weighted by molar-refractivity contribution is 6.34. The van der Waals surface area contributed by atoms with Gasteiger partial charge in [-0.3, -0.25) is 9.89 Å². The molecule has 0 fully saturated rings. The van der Waals surface area contributed by atoms with Crippen LogP contribution in [0.1, 0.15) is 11.1 Å². The van der Waals surface area contributed by atoms with Gasteiger partial charge in [-0.2, -0.15) is 0 Å². The van der Waals surface area contributed by atoms with Crippen LogP contribution in [-0.2, 0) is 0 Å². The number of rotatable bonds is 2. The van der Waals surface area contributed by atoms with Crippen molar-refractivity contribution in [3.63, 3.8) is 0 Å². The first-order valence-electron chi connectivity index (χ1n) is 7.60. The Morgan fingerprint density at radius 3 is 2.70 bits per heavy atom. The standard InChI is InChI=1S/C19H18ClN3/c1-15-7-5-11-17(20)18(15)23(19-21-12-13-22-19)14-6-10-16-8-3-2-4-9-16/h2-5,7-9,11H,12-14H2,1H3,(H,21,22). The first-order valence-corrected chi connectivity index (χ1v) is 7.98. The topological polar surface area (TPSA) is 27.6 Å².